The van der Waals surface area contributed by atoms with Gasteiger partial charge in [-0.15, -0.1) is 0 Å². The van der Waals surface area contributed by atoms with Crippen molar-refractivity contribution in [3.63, 3.8) is 0 Å². The van der Waals surface area contributed by atoms with Crippen molar-refractivity contribution in [3.05, 3.63) is 82.6 Å². The number of nitrogens with zero attached hydrogens (tertiary/aromatic N) is 1. The summed E-state index contributed by atoms with van der Waals surface area (Å²) in [6, 6.07) is 17.6. The van der Waals surface area contributed by atoms with E-state index in [4.69, 9.17) is 4.42 Å². The zero-order valence-electron chi connectivity index (χ0n) is 16.9. The maximum atomic E-state index is 12.5. The predicted molar refractivity (Wildman–Crippen MR) is 114 cm³/mol. The molecule has 150 valence electrons. The van der Waals surface area contributed by atoms with Gasteiger partial charge in [0, 0.05) is 17.3 Å². The number of aryl methyl sites for hydroxylation is 1. The molecule has 0 unspecified atom stereocenters. The van der Waals surface area contributed by atoms with E-state index >= 15 is 0 Å². The van der Waals surface area contributed by atoms with E-state index in [2.05, 4.69) is 10.1 Å². The molecule has 3 rings (SSSR count). The van der Waals surface area contributed by atoms with Crippen LogP contribution < -0.4 is 5.32 Å². The minimum atomic E-state index is -0.508. The number of methoxy groups -OCH3 is 1. The third-order valence-electron chi connectivity index (χ3n) is 4.72. The van der Waals surface area contributed by atoms with Crippen molar-refractivity contribution in [3.8, 4) is 17.4 Å². The SMILES string of the molecule is COC(=O)c1ccc(-c2ccc(/C=C(\C#N)C(=O)Nc3cccc(C)c3C)o2)cc1. The molecule has 30 heavy (non-hydrogen) atoms. The molecule has 0 bridgehead atoms. The van der Waals surface area contributed by atoms with E-state index in [1.54, 1.807) is 42.5 Å². The van der Waals surface area contributed by atoms with Crippen molar-refractivity contribution in [2.24, 2.45) is 0 Å². The number of nitriles is 1. The lowest BCUT2D eigenvalue weighted by molar-refractivity contribution is -0.112. The predicted octanol–water partition coefficient (Wildman–Crippen LogP) is 4.90. The largest absolute Gasteiger partial charge is 0.465 e. The maximum Gasteiger partial charge on any atom is 0.337 e. The molecular weight excluding hydrogens is 380 g/mol. The maximum absolute atomic E-state index is 12.5. The summed E-state index contributed by atoms with van der Waals surface area (Å²) >= 11 is 0. The van der Waals surface area contributed by atoms with Gasteiger partial charge in [-0.3, -0.25) is 4.79 Å². The Kier molecular flexibility index (Phi) is 6.14. The zero-order chi connectivity index (χ0) is 21.7. The van der Waals surface area contributed by atoms with Gasteiger partial charge in [0.05, 0.1) is 12.7 Å². The average Bonchev–Trinajstić information content (AvgIpc) is 3.23. The highest BCUT2D eigenvalue weighted by Gasteiger charge is 2.13. The number of hydrogen-bond donors (Lipinski definition) is 1. The Labute approximate surface area is 174 Å². The van der Waals surface area contributed by atoms with Crippen LogP contribution in [-0.4, -0.2) is 19.0 Å². The number of rotatable bonds is 5. The number of hydrogen-bond acceptors (Lipinski definition) is 5. The van der Waals surface area contributed by atoms with Crippen LogP contribution in [0.3, 0.4) is 0 Å². The molecular formula is C24H20N2O4. The standard InChI is InChI=1S/C24H20N2O4/c1-15-5-4-6-21(16(15)2)26-23(27)19(14-25)13-20-11-12-22(30-20)17-7-9-18(10-8-17)24(28)29-3/h4-13H,1-3H3,(H,26,27)/b19-13+. The molecule has 6 heteroatoms. The van der Waals surface area contributed by atoms with Crippen LogP contribution in [0.1, 0.15) is 27.2 Å². The highest BCUT2D eigenvalue weighted by atomic mass is 16.5. The Morgan fingerprint density at radius 2 is 1.80 bits per heavy atom. The second-order valence-corrected chi connectivity index (χ2v) is 6.64. The Bertz CT molecular complexity index is 1160. The van der Waals surface area contributed by atoms with Gasteiger partial charge >= 0.3 is 5.97 Å². The van der Waals surface area contributed by atoms with Crippen LogP contribution in [0.4, 0.5) is 5.69 Å². The van der Waals surface area contributed by atoms with Gasteiger partial charge in [0.1, 0.15) is 23.2 Å². The molecule has 0 saturated heterocycles. The van der Waals surface area contributed by atoms with Crippen molar-refractivity contribution in [2.75, 3.05) is 12.4 Å². The summed E-state index contributed by atoms with van der Waals surface area (Å²) in [5, 5.41) is 12.2. The summed E-state index contributed by atoms with van der Waals surface area (Å²) in [6.07, 6.45) is 1.40. The van der Waals surface area contributed by atoms with Crippen molar-refractivity contribution in [1.29, 1.82) is 5.26 Å². The third-order valence-corrected chi connectivity index (χ3v) is 4.72. The van der Waals surface area contributed by atoms with Gasteiger partial charge in [0.15, 0.2) is 0 Å². The molecule has 1 amide bonds. The lowest BCUT2D eigenvalue weighted by atomic mass is 10.1. The second kappa shape index (κ2) is 8.93. The number of nitrogens with one attached hydrogen (secondary N) is 1. The molecule has 0 aliphatic heterocycles. The van der Waals surface area contributed by atoms with Gasteiger partial charge in [-0.1, -0.05) is 24.3 Å². The Morgan fingerprint density at radius 3 is 2.47 bits per heavy atom. The Morgan fingerprint density at radius 1 is 1.07 bits per heavy atom. The topological polar surface area (TPSA) is 92.3 Å². The molecule has 1 N–H and O–H groups in total. The molecule has 0 fully saturated rings. The number of ether oxygens (including phenoxy) is 1. The minimum absolute atomic E-state index is 0.0714. The van der Waals surface area contributed by atoms with Gasteiger partial charge in [-0.2, -0.15) is 5.26 Å². The summed E-state index contributed by atoms with van der Waals surface area (Å²) < 4.78 is 10.4. The number of esters is 1. The van der Waals surface area contributed by atoms with E-state index in [0.717, 1.165) is 16.7 Å². The smallest absolute Gasteiger partial charge is 0.337 e. The minimum Gasteiger partial charge on any atom is -0.465 e. The highest BCUT2D eigenvalue weighted by molar-refractivity contribution is 6.09. The van der Waals surface area contributed by atoms with E-state index in [1.807, 2.05) is 32.0 Å². The lowest BCUT2D eigenvalue weighted by Crippen LogP contribution is -2.14. The van der Waals surface area contributed by atoms with Crippen LogP contribution in [0.2, 0.25) is 0 Å². The van der Waals surface area contributed by atoms with Crippen molar-refractivity contribution in [1.82, 2.24) is 0 Å². The first-order valence-electron chi connectivity index (χ1n) is 9.21. The van der Waals surface area contributed by atoms with Gasteiger partial charge in [0.2, 0.25) is 0 Å². The molecule has 1 aromatic heterocycles. The molecule has 1 heterocycles. The van der Waals surface area contributed by atoms with E-state index in [-0.39, 0.29) is 5.57 Å². The number of anilines is 1. The third kappa shape index (κ3) is 4.47. The van der Waals surface area contributed by atoms with Gasteiger partial charge in [-0.05, 0) is 55.3 Å². The molecule has 0 atom stereocenters. The van der Waals surface area contributed by atoms with Gasteiger partial charge in [0.25, 0.3) is 5.91 Å². The van der Waals surface area contributed by atoms with E-state index < -0.39 is 11.9 Å². The number of carbonyl (C=O) groups excluding carboxylic acids is 2. The quantitative estimate of drug-likeness (QED) is 0.374. The van der Waals surface area contributed by atoms with Crippen LogP contribution in [0.5, 0.6) is 0 Å². The number of furan rings is 1. The fraction of sp³-hybridized carbons (Fsp3) is 0.125. The summed E-state index contributed by atoms with van der Waals surface area (Å²) in [4.78, 5) is 24.1. The first-order chi connectivity index (χ1) is 14.4. The first-order valence-corrected chi connectivity index (χ1v) is 9.21. The summed E-state index contributed by atoms with van der Waals surface area (Å²) in [5.74, 6) is -0.00989. The monoisotopic (exact) mass is 400 g/mol. The lowest BCUT2D eigenvalue weighted by Gasteiger charge is -2.09. The molecule has 0 radical (unpaired) electrons. The van der Waals surface area contributed by atoms with E-state index in [9.17, 15) is 14.9 Å². The van der Waals surface area contributed by atoms with E-state index in [0.29, 0.717) is 22.8 Å². The highest BCUT2D eigenvalue weighted by Crippen LogP contribution is 2.24. The van der Waals surface area contributed by atoms with Crippen molar-refractivity contribution < 1.29 is 18.7 Å². The van der Waals surface area contributed by atoms with Gasteiger partial charge in [-0.25, -0.2) is 4.79 Å². The van der Waals surface area contributed by atoms with Crippen LogP contribution >= 0.6 is 0 Å². The molecule has 0 aliphatic rings. The summed E-state index contributed by atoms with van der Waals surface area (Å²) in [6.45, 7) is 3.86. The van der Waals surface area contributed by atoms with Gasteiger partial charge < -0.3 is 14.5 Å². The Hall–Kier alpha value is -4.11. The number of carbonyl (C=O) groups is 2. The first kappa shape index (κ1) is 20.6. The number of benzene rings is 2. The van der Waals surface area contributed by atoms with Crippen LogP contribution in [0.25, 0.3) is 17.4 Å². The molecule has 0 spiro atoms. The van der Waals surface area contributed by atoms with Crippen LogP contribution in [-0.2, 0) is 9.53 Å². The molecule has 2 aromatic carbocycles. The Balaban J connectivity index is 1.79. The molecule has 3 aromatic rings. The van der Waals surface area contributed by atoms with Crippen molar-refractivity contribution >= 4 is 23.6 Å². The molecule has 0 aliphatic carbocycles. The zero-order valence-corrected chi connectivity index (χ0v) is 16.9. The summed E-state index contributed by atoms with van der Waals surface area (Å²) in [5.41, 5.74) is 3.76. The van der Waals surface area contributed by atoms with Crippen molar-refractivity contribution in [2.45, 2.75) is 13.8 Å². The number of amides is 1. The fourth-order valence-corrected chi connectivity index (χ4v) is 2.84. The van der Waals surface area contributed by atoms with E-state index in [1.165, 1.54) is 13.2 Å². The average molecular weight is 400 g/mol. The van der Waals surface area contributed by atoms with Crippen LogP contribution in [0, 0.1) is 25.2 Å². The second-order valence-electron chi connectivity index (χ2n) is 6.64. The fourth-order valence-electron chi connectivity index (χ4n) is 2.84. The van der Waals surface area contributed by atoms with Crippen LogP contribution in [0.15, 0.2) is 64.6 Å². The summed E-state index contributed by atoms with van der Waals surface area (Å²) in [7, 11) is 1.32. The normalized spacial score (nSPS) is 10.9. The molecule has 6 nitrogen and oxygen atoms in total. The molecule has 0 saturated carbocycles.